The number of anilines is 1. The zero-order valence-corrected chi connectivity index (χ0v) is 17.8. The minimum absolute atomic E-state index is 0.0181. The van der Waals surface area contributed by atoms with Crippen molar-refractivity contribution in [2.24, 2.45) is 4.99 Å². The fourth-order valence-corrected chi connectivity index (χ4v) is 7.88. The number of nitrogens with zero attached hydrogens (tertiary/aromatic N) is 1. The Hall–Kier alpha value is -1.84. The lowest BCUT2D eigenvalue weighted by Crippen LogP contribution is -2.25. The molecule has 0 aliphatic carbocycles. The third kappa shape index (κ3) is 4.42. The van der Waals surface area contributed by atoms with Gasteiger partial charge in [-0.05, 0) is 54.6 Å². The molecule has 1 aromatic heterocycles. The molecule has 4 rings (SSSR count). The molecule has 6 nitrogen and oxygen atoms in total. The molecule has 0 spiro atoms. The number of amidine groups is 1. The van der Waals surface area contributed by atoms with Crippen molar-refractivity contribution in [3.05, 3.63) is 51.7 Å². The topological polar surface area (TPSA) is 87.6 Å². The number of aliphatic imine (C=N–C) groups is 1. The maximum Gasteiger partial charge on any atom is 0.251 e. The van der Waals surface area contributed by atoms with Gasteiger partial charge in [-0.2, -0.15) is 0 Å². The second kappa shape index (κ2) is 7.88. The Balaban J connectivity index is 1.29. The van der Waals surface area contributed by atoms with E-state index in [2.05, 4.69) is 34.0 Å². The van der Waals surface area contributed by atoms with Crippen molar-refractivity contribution in [1.29, 1.82) is 0 Å². The maximum absolute atomic E-state index is 12.3. The zero-order valence-electron chi connectivity index (χ0n) is 15.3. The van der Waals surface area contributed by atoms with Gasteiger partial charge < -0.3 is 10.6 Å². The van der Waals surface area contributed by atoms with E-state index in [1.165, 1.54) is 22.2 Å². The number of hydrogen-bond donors (Lipinski definition) is 2. The number of benzene rings is 1. The minimum Gasteiger partial charge on any atom is -0.352 e. The number of thioether (sulfide) groups is 1. The molecule has 9 heteroatoms. The number of hydrogen-bond acceptors (Lipinski definition) is 7. The van der Waals surface area contributed by atoms with Crippen LogP contribution < -0.4 is 10.6 Å². The van der Waals surface area contributed by atoms with E-state index < -0.39 is 9.84 Å². The van der Waals surface area contributed by atoms with Crippen molar-refractivity contribution in [3.63, 3.8) is 0 Å². The van der Waals surface area contributed by atoms with Gasteiger partial charge in [0.25, 0.3) is 5.91 Å². The number of aryl methyl sites for hydroxylation is 1. The summed E-state index contributed by atoms with van der Waals surface area (Å²) >= 11 is 3.19. The van der Waals surface area contributed by atoms with E-state index in [1.807, 2.05) is 12.1 Å². The van der Waals surface area contributed by atoms with Crippen molar-refractivity contribution >= 4 is 49.7 Å². The van der Waals surface area contributed by atoms with Crippen LogP contribution >= 0.6 is 23.1 Å². The van der Waals surface area contributed by atoms with Crippen molar-refractivity contribution < 1.29 is 13.2 Å². The SMILES string of the molecule is Cc1ccsc1CCNC(=O)c1ccc(NC2=N[C@H]3CS(=O)(=O)C[C@H]3S2)cc1. The lowest BCUT2D eigenvalue weighted by Gasteiger charge is -2.08. The molecule has 2 aromatic rings. The van der Waals surface area contributed by atoms with E-state index in [4.69, 9.17) is 0 Å². The molecule has 2 aliphatic rings. The Labute approximate surface area is 172 Å². The highest BCUT2D eigenvalue weighted by Crippen LogP contribution is 2.34. The highest BCUT2D eigenvalue weighted by atomic mass is 32.2. The lowest BCUT2D eigenvalue weighted by atomic mass is 10.2. The monoisotopic (exact) mass is 435 g/mol. The Kier molecular flexibility index (Phi) is 5.48. The summed E-state index contributed by atoms with van der Waals surface area (Å²) in [6.07, 6.45) is 0.837. The van der Waals surface area contributed by atoms with Gasteiger partial charge in [0.15, 0.2) is 15.0 Å². The van der Waals surface area contributed by atoms with Crippen LogP contribution in [0.2, 0.25) is 0 Å². The Morgan fingerprint density at radius 1 is 1.21 bits per heavy atom. The average Bonchev–Trinajstić information content (AvgIpc) is 3.28. The summed E-state index contributed by atoms with van der Waals surface area (Å²) in [6, 6.07) is 9.18. The van der Waals surface area contributed by atoms with E-state index in [0.29, 0.717) is 12.1 Å². The average molecular weight is 436 g/mol. The van der Waals surface area contributed by atoms with E-state index in [1.54, 1.807) is 23.5 Å². The van der Waals surface area contributed by atoms with Crippen molar-refractivity contribution in [1.82, 2.24) is 5.32 Å². The van der Waals surface area contributed by atoms with Gasteiger partial charge in [0, 0.05) is 27.9 Å². The number of carbonyl (C=O) groups excluding carboxylic acids is 1. The van der Waals surface area contributed by atoms with Gasteiger partial charge in [0.2, 0.25) is 0 Å². The quantitative estimate of drug-likeness (QED) is 0.754. The summed E-state index contributed by atoms with van der Waals surface area (Å²) in [7, 11) is -2.94. The molecular weight excluding hydrogens is 414 g/mol. The molecule has 0 bridgehead atoms. The van der Waals surface area contributed by atoms with Crippen molar-refractivity contribution in [3.8, 4) is 0 Å². The molecular formula is C19H21N3O3S3. The minimum atomic E-state index is -2.94. The van der Waals surface area contributed by atoms with E-state index >= 15 is 0 Å². The molecule has 2 aliphatic heterocycles. The first kappa shape index (κ1) is 19.5. The fraction of sp³-hybridized carbons (Fsp3) is 0.368. The van der Waals surface area contributed by atoms with Crippen LogP contribution in [0.5, 0.6) is 0 Å². The number of amides is 1. The smallest absolute Gasteiger partial charge is 0.251 e. The van der Waals surface area contributed by atoms with E-state index in [0.717, 1.165) is 17.3 Å². The summed E-state index contributed by atoms with van der Waals surface area (Å²) in [6.45, 7) is 2.69. The van der Waals surface area contributed by atoms with Gasteiger partial charge in [0.1, 0.15) is 0 Å². The maximum atomic E-state index is 12.3. The lowest BCUT2D eigenvalue weighted by molar-refractivity contribution is 0.0954. The first-order valence-electron chi connectivity index (χ1n) is 9.03. The van der Waals surface area contributed by atoms with Gasteiger partial charge in [-0.15, -0.1) is 11.3 Å². The van der Waals surface area contributed by atoms with Crippen LogP contribution in [0.15, 0.2) is 40.7 Å². The molecule has 1 aromatic carbocycles. The highest BCUT2D eigenvalue weighted by Gasteiger charge is 2.42. The molecule has 2 N–H and O–H groups in total. The van der Waals surface area contributed by atoms with Crippen LogP contribution in [0.4, 0.5) is 5.69 Å². The number of rotatable bonds is 5. The van der Waals surface area contributed by atoms with E-state index in [9.17, 15) is 13.2 Å². The standard InChI is InChI=1S/C19H21N3O3S3/c1-12-7-9-26-16(12)6-8-20-18(23)13-2-4-14(5-3-13)21-19-22-15-10-28(24,25)11-17(15)27-19/h2-5,7,9,15,17H,6,8,10-11H2,1H3,(H,20,23)(H,21,22)/t15-,17+/m0/s1. The summed E-state index contributed by atoms with van der Waals surface area (Å²) < 4.78 is 23.3. The highest BCUT2D eigenvalue weighted by molar-refractivity contribution is 8.15. The summed E-state index contributed by atoms with van der Waals surface area (Å²) in [5.74, 6) is 0.245. The molecule has 1 amide bonds. The van der Waals surface area contributed by atoms with Gasteiger partial charge in [-0.3, -0.25) is 9.79 Å². The van der Waals surface area contributed by atoms with Crippen LogP contribution in [0.25, 0.3) is 0 Å². The Morgan fingerprint density at radius 2 is 2.00 bits per heavy atom. The van der Waals surface area contributed by atoms with Gasteiger partial charge in [0.05, 0.1) is 17.5 Å². The van der Waals surface area contributed by atoms with Crippen LogP contribution in [0.3, 0.4) is 0 Å². The normalized spacial score (nSPS) is 22.5. The molecule has 2 atom stereocenters. The Bertz CT molecular complexity index is 1010. The number of carbonyl (C=O) groups is 1. The molecule has 148 valence electrons. The van der Waals surface area contributed by atoms with Crippen LogP contribution in [-0.4, -0.2) is 48.8 Å². The number of fused-ring (bicyclic) bond motifs is 1. The third-order valence-corrected chi connectivity index (χ3v) is 9.05. The molecule has 0 radical (unpaired) electrons. The van der Waals surface area contributed by atoms with Crippen LogP contribution in [0.1, 0.15) is 20.8 Å². The number of sulfone groups is 1. The summed E-state index contributed by atoms with van der Waals surface area (Å²) in [5.41, 5.74) is 2.71. The fourth-order valence-electron chi connectivity index (χ4n) is 3.30. The van der Waals surface area contributed by atoms with Crippen LogP contribution in [0, 0.1) is 6.92 Å². The largest absolute Gasteiger partial charge is 0.352 e. The van der Waals surface area contributed by atoms with Crippen LogP contribution in [-0.2, 0) is 16.3 Å². The van der Waals surface area contributed by atoms with E-state index in [-0.39, 0.29) is 28.7 Å². The van der Waals surface area contributed by atoms with Gasteiger partial charge >= 0.3 is 0 Å². The molecule has 1 saturated heterocycles. The number of thiophene rings is 1. The Morgan fingerprint density at radius 3 is 2.68 bits per heavy atom. The van der Waals surface area contributed by atoms with Gasteiger partial charge in [-0.1, -0.05) is 11.8 Å². The third-order valence-electron chi connectivity index (χ3n) is 4.82. The second-order valence-electron chi connectivity index (χ2n) is 6.97. The first-order chi connectivity index (χ1) is 13.4. The molecule has 0 saturated carbocycles. The predicted molar refractivity (Wildman–Crippen MR) is 116 cm³/mol. The molecule has 1 fully saturated rings. The summed E-state index contributed by atoms with van der Waals surface area (Å²) in [4.78, 5) is 18.1. The van der Waals surface area contributed by atoms with Gasteiger partial charge in [-0.25, -0.2) is 8.42 Å². The predicted octanol–water partition coefficient (Wildman–Crippen LogP) is 2.71. The second-order valence-corrected chi connectivity index (χ2v) is 11.4. The molecule has 28 heavy (non-hydrogen) atoms. The molecule has 0 unspecified atom stereocenters. The molecule has 3 heterocycles. The summed E-state index contributed by atoms with van der Waals surface area (Å²) in [5, 5.41) is 9.00. The number of nitrogens with one attached hydrogen (secondary N) is 2. The van der Waals surface area contributed by atoms with Crippen molar-refractivity contribution in [2.75, 3.05) is 23.4 Å². The van der Waals surface area contributed by atoms with Crippen molar-refractivity contribution in [2.45, 2.75) is 24.6 Å². The zero-order chi connectivity index (χ0) is 19.7. The first-order valence-corrected chi connectivity index (χ1v) is 12.6.